The molecule has 134 valence electrons. The molecule has 0 aliphatic carbocycles. The summed E-state index contributed by atoms with van der Waals surface area (Å²) >= 11 is 0. The van der Waals surface area contributed by atoms with E-state index in [-0.39, 0.29) is 17.7 Å². The van der Waals surface area contributed by atoms with Crippen molar-refractivity contribution in [3.05, 3.63) is 30.0 Å². The van der Waals surface area contributed by atoms with Gasteiger partial charge in [0.1, 0.15) is 5.69 Å². The Morgan fingerprint density at radius 3 is 2.72 bits per heavy atom. The predicted molar refractivity (Wildman–Crippen MR) is 97.0 cm³/mol. The van der Waals surface area contributed by atoms with Crippen molar-refractivity contribution >= 4 is 5.91 Å². The highest BCUT2D eigenvalue weighted by molar-refractivity contribution is 5.79. The van der Waals surface area contributed by atoms with Gasteiger partial charge in [-0.3, -0.25) is 9.78 Å². The lowest BCUT2D eigenvalue weighted by Crippen LogP contribution is -2.42. The van der Waals surface area contributed by atoms with Crippen LogP contribution in [0, 0.1) is 12.8 Å². The van der Waals surface area contributed by atoms with Crippen molar-refractivity contribution in [2.75, 3.05) is 13.1 Å². The number of aryl methyl sites for hydroxylation is 1. The minimum atomic E-state index is 0.132. The Balaban J connectivity index is 1.84. The molecular formula is C19H27N5O. The van der Waals surface area contributed by atoms with Gasteiger partial charge in [0.05, 0.1) is 5.69 Å². The molecular weight excluding hydrogens is 314 g/mol. The fourth-order valence-electron chi connectivity index (χ4n) is 3.66. The summed E-state index contributed by atoms with van der Waals surface area (Å²) in [4.78, 5) is 31.6. The predicted octanol–water partition coefficient (Wildman–Crippen LogP) is 3.32. The highest BCUT2D eigenvalue weighted by atomic mass is 16.2. The van der Waals surface area contributed by atoms with E-state index in [0.717, 1.165) is 61.7 Å². The number of piperidine rings is 1. The summed E-state index contributed by atoms with van der Waals surface area (Å²) in [5, 5.41) is 0. The summed E-state index contributed by atoms with van der Waals surface area (Å²) < 4.78 is 0. The van der Waals surface area contributed by atoms with E-state index in [1.807, 2.05) is 11.8 Å². The van der Waals surface area contributed by atoms with Gasteiger partial charge in [-0.2, -0.15) is 0 Å². The normalized spacial score (nSPS) is 17.9. The van der Waals surface area contributed by atoms with E-state index >= 15 is 0 Å². The Hall–Kier alpha value is -2.24. The van der Waals surface area contributed by atoms with Crippen LogP contribution >= 0.6 is 0 Å². The lowest BCUT2D eigenvalue weighted by atomic mass is 9.91. The molecule has 1 N–H and O–H groups in total. The monoisotopic (exact) mass is 341 g/mol. The molecule has 0 radical (unpaired) electrons. The van der Waals surface area contributed by atoms with Crippen molar-refractivity contribution in [3.63, 3.8) is 0 Å². The fraction of sp³-hybridized carbons (Fsp3) is 0.579. The molecule has 0 aromatic carbocycles. The number of likely N-dealkylation sites (tertiary alicyclic amines) is 1. The molecule has 0 unspecified atom stereocenters. The molecule has 2 aromatic heterocycles. The van der Waals surface area contributed by atoms with Gasteiger partial charge in [0.15, 0.2) is 5.82 Å². The number of nitrogens with zero attached hydrogens (tertiary/aromatic N) is 4. The highest BCUT2D eigenvalue weighted by Crippen LogP contribution is 2.31. The average Bonchev–Trinajstić information content (AvgIpc) is 3.09. The van der Waals surface area contributed by atoms with Crippen LogP contribution in [-0.2, 0) is 4.79 Å². The molecule has 0 saturated carbocycles. The zero-order chi connectivity index (χ0) is 17.8. The Bertz CT molecular complexity index is 722. The number of nitrogens with one attached hydrogen (secondary N) is 1. The fourth-order valence-corrected chi connectivity index (χ4v) is 3.66. The van der Waals surface area contributed by atoms with Crippen molar-refractivity contribution in [1.29, 1.82) is 0 Å². The van der Waals surface area contributed by atoms with Crippen molar-refractivity contribution in [2.45, 2.75) is 52.4 Å². The smallest absolute Gasteiger partial charge is 0.225 e. The van der Waals surface area contributed by atoms with Crippen molar-refractivity contribution in [1.82, 2.24) is 24.8 Å². The summed E-state index contributed by atoms with van der Waals surface area (Å²) in [7, 11) is 0. The second-order valence-corrected chi connectivity index (χ2v) is 6.84. The largest absolute Gasteiger partial charge is 0.342 e. The number of H-pyrrole nitrogens is 1. The third-order valence-electron chi connectivity index (χ3n) is 5.11. The van der Waals surface area contributed by atoms with E-state index in [1.54, 1.807) is 18.6 Å². The Morgan fingerprint density at radius 1 is 1.28 bits per heavy atom. The third-order valence-corrected chi connectivity index (χ3v) is 5.11. The first-order valence-electron chi connectivity index (χ1n) is 9.25. The van der Waals surface area contributed by atoms with Crippen LogP contribution in [0.5, 0.6) is 0 Å². The molecule has 2 aromatic rings. The minimum absolute atomic E-state index is 0.132. The van der Waals surface area contributed by atoms with Crippen LogP contribution in [0.15, 0.2) is 18.6 Å². The van der Waals surface area contributed by atoms with E-state index < -0.39 is 0 Å². The van der Waals surface area contributed by atoms with Crippen LogP contribution in [0.4, 0.5) is 0 Å². The molecule has 0 spiro atoms. The van der Waals surface area contributed by atoms with Crippen LogP contribution in [0.2, 0.25) is 0 Å². The number of carbonyl (C=O) groups is 1. The molecule has 1 aliphatic heterocycles. The van der Waals surface area contributed by atoms with Gasteiger partial charge >= 0.3 is 0 Å². The zero-order valence-corrected chi connectivity index (χ0v) is 15.3. The molecule has 1 fully saturated rings. The van der Waals surface area contributed by atoms with Gasteiger partial charge in [0, 0.05) is 49.2 Å². The van der Waals surface area contributed by atoms with E-state index in [1.165, 1.54) is 0 Å². The lowest BCUT2D eigenvalue weighted by molar-refractivity contribution is -0.137. The molecule has 3 heterocycles. The standard InChI is InChI=1S/C19H27N5O/c1-4-14(5-2)19(25)24-10-6-7-15(12-24)16-17(21-9-8-20-16)18-22-11-13(3)23-18/h8-9,11,14-15H,4-7,10,12H2,1-3H3,(H,22,23)/t15-/m0/s1. The summed E-state index contributed by atoms with van der Waals surface area (Å²) in [5.74, 6) is 1.38. The topological polar surface area (TPSA) is 74.8 Å². The maximum Gasteiger partial charge on any atom is 0.225 e. The van der Waals surface area contributed by atoms with Crippen molar-refractivity contribution in [3.8, 4) is 11.5 Å². The van der Waals surface area contributed by atoms with Gasteiger partial charge in [-0.1, -0.05) is 13.8 Å². The number of amides is 1. The first-order chi connectivity index (χ1) is 12.1. The summed E-state index contributed by atoms with van der Waals surface area (Å²) in [6, 6.07) is 0. The maximum atomic E-state index is 12.8. The molecule has 3 rings (SSSR count). The van der Waals surface area contributed by atoms with E-state index in [9.17, 15) is 4.79 Å². The second-order valence-electron chi connectivity index (χ2n) is 6.84. The second kappa shape index (κ2) is 7.76. The van der Waals surface area contributed by atoms with Gasteiger partial charge in [-0.25, -0.2) is 9.97 Å². The number of carbonyl (C=O) groups excluding carboxylic acids is 1. The Morgan fingerprint density at radius 2 is 2.04 bits per heavy atom. The molecule has 6 heteroatoms. The molecule has 1 atom stereocenters. The number of aromatic amines is 1. The van der Waals surface area contributed by atoms with Crippen LogP contribution in [0.3, 0.4) is 0 Å². The average molecular weight is 341 g/mol. The third kappa shape index (κ3) is 3.72. The van der Waals surface area contributed by atoms with Crippen LogP contribution in [0.25, 0.3) is 11.5 Å². The van der Waals surface area contributed by atoms with Gasteiger partial charge in [-0.05, 0) is 32.6 Å². The highest BCUT2D eigenvalue weighted by Gasteiger charge is 2.30. The maximum absolute atomic E-state index is 12.8. The molecule has 25 heavy (non-hydrogen) atoms. The number of imidazole rings is 1. The molecule has 0 bridgehead atoms. The van der Waals surface area contributed by atoms with Crippen molar-refractivity contribution in [2.24, 2.45) is 5.92 Å². The van der Waals surface area contributed by atoms with E-state index in [4.69, 9.17) is 0 Å². The van der Waals surface area contributed by atoms with Gasteiger partial charge < -0.3 is 9.88 Å². The zero-order valence-electron chi connectivity index (χ0n) is 15.3. The van der Waals surface area contributed by atoms with Crippen LogP contribution in [0.1, 0.15) is 56.8 Å². The van der Waals surface area contributed by atoms with Gasteiger partial charge in [0.2, 0.25) is 5.91 Å². The lowest BCUT2D eigenvalue weighted by Gasteiger charge is -2.34. The minimum Gasteiger partial charge on any atom is -0.342 e. The molecule has 1 saturated heterocycles. The van der Waals surface area contributed by atoms with Crippen molar-refractivity contribution < 1.29 is 4.79 Å². The van der Waals surface area contributed by atoms with Gasteiger partial charge in [-0.15, -0.1) is 0 Å². The van der Waals surface area contributed by atoms with Crippen LogP contribution in [-0.4, -0.2) is 43.8 Å². The number of aromatic nitrogens is 4. The summed E-state index contributed by atoms with van der Waals surface area (Å²) in [6.07, 6.45) is 9.07. The number of hydrogen-bond donors (Lipinski definition) is 1. The molecule has 6 nitrogen and oxygen atoms in total. The Kier molecular flexibility index (Phi) is 5.46. The number of hydrogen-bond acceptors (Lipinski definition) is 4. The number of rotatable bonds is 5. The van der Waals surface area contributed by atoms with Crippen LogP contribution < -0.4 is 0 Å². The summed E-state index contributed by atoms with van der Waals surface area (Å²) in [6.45, 7) is 7.73. The van der Waals surface area contributed by atoms with E-state index in [0.29, 0.717) is 0 Å². The Labute approximate surface area is 149 Å². The summed E-state index contributed by atoms with van der Waals surface area (Å²) in [5.41, 5.74) is 2.75. The molecule has 1 amide bonds. The SMILES string of the molecule is CCC(CC)C(=O)N1CCC[C@H](c2nccnc2-c2ncc(C)[nH]2)C1. The quantitative estimate of drug-likeness (QED) is 0.905. The van der Waals surface area contributed by atoms with E-state index in [2.05, 4.69) is 33.8 Å². The first kappa shape index (κ1) is 17.6. The van der Waals surface area contributed by atoms with Gasteiger partial charge in [0.25, 0.3) is 0 Å². The first-order valence-corrected chi connectivity index (χ1v) is 9.25. The molecule has 1 aliphatic rings.